The Morgan fingerprint density at radius 1 is 0.981 bits per heavy atom. The quantitative estimate of drug-likeness (QED) is 0.0939. The molecular weight excluding hydrogens is 727 g/mol. The summed E-state index contributed by atoms with van der Waals surface area (Å²) in [5, 5.41) is 15.0. The molecule has 2 aliphatic rings. The van der Waals surface area contributed by atoms with Crippen LogP contribution in [0.4, 0.5) is 20.3 Å². The van der Waals surface area contributed by atoms with Crippen LogP contribution in [0, 0.1) is 6.92 Å². The van der Waals surface area contributed by atoms with Crippen molar-refractivity contribution in [3.05, 3.63) is 80.9 Å². The van der Waals surface area contributed by atoms with E-state index in [1.54, 1.807) is 29.7 Å². The van der Waals surface area contributed by atoms with Gasteiger partial charge >= 0.3 is 6.61 Å². The van der Waals surface area contributed by atoms with E-state index >= 15 is 0 Å². The number of rotatable bonds is 13. The normalized spacial score (nSPS) is 16.5. The number of nitrogens with zero attached hydrogens (tertiary/aromatic N) is 3. The molecule has 2 fully saturated rings. The first-order valence-corrected chi connectivity index (χ1v) is 19.1. The number of ether oxygens (including phenoxy) is 1. The van der Waals surface area contributed by atoms with Crippen molar-refractivity contribution in [2.75, 3.05) is 11.9 Å². The SMILES string of the molecule is Cc1cc(-c2cccc(-c3cccc(Nc4nccc5sc(CNC6CCCCC6)nc45)c3Cl)c2Cl)nc(OC(F)F)c1CNCC1CCC(=O)N1. The predicted molar refractivity (Wildman–Crippen MR) is 204 cm³/mol. The third-order valence-electron chi connectivity index (χ3n) is 9.60. The highest BCUT2D eigenvalue weighted by atomic mass is 35.5. The van der Waals surface area contributed by atoms with Gasteiger partial charge in [0.1, 0.15) is 10.5 Å². The van der Waals surface area contributed by atoms with Crippen molar-refractivity contribution in [2.45, 2.75) is 83.7 Å². The van der Waals surface area contributed by atoms with Gasteiger partial charge < -0.3 is 26.0 Å². The molecule has 1 unspecified atom stereocenters. The van der Waals surface area contributed by atoms with Crippen molar-refractivity contribution < 1.29 is 18.3 Å². The second kappa shape index (κ2) is 16.4. The summed E-state index contributed by atoms with van der Waals surface area (Å²) in [6.45, 7) is 0.199. The number of benzene rings is 2. The second-order valence-electron chi connectivity index (χ2n) is 13.2. The highest BCUT2D eigenvalue weighted by Crippen LogP contribution is 2.43. The van der Waals surface area contributed by atoms with Gasteiger partial charge in [0.15, 0.2) is 5.82 Å². The average molecular weight is 767 g/mol. The van der Waals surface area contributed by atoms with Crippen LogP contribution in [-0.4, -0.2) is 46.1 Å². The van der Waals surface area contributed by atoms with Gasteiger partial charge in [-0.1, -0.05) is 72.8 Å². The summed E-state index contributed by atoms with van der Waals surface area (Å²) in [6.07, 6.45) is 9.23. The number of amides is 1. The minimum absolute atomic E-state index is 0.00931. The van der Waals surface area contributed by atoms with Gasteiger partial charge in [-0.3, -0.25) is 4.79 Å². The van der Waals surface area contributed by atoms with Crippen molar-refractivity contribution in [2.24, 2.45) is 0 Å². The predicted octanol–water partition coefficient (Wildman–Crippen LogP) is 9.17. The van der Waals surface area contributed by atoms with E-state index in [4.69, 9.17) is 32.9 Å². The van der Waals surface area contributed by atoms with E-state index in [1.165, 1.54) is 32.1 Å². The highest BCUT2D eigenvalue weighted by Gasteiger charge is 2.23. The lowest BCUT2D eigenvalue weighted by Gasteiger charge is -2.22. The van der Waals surface area contributed by atoms with Crippen molar-refractivity contribution in [1.82, 2.24) is 30.9 Å². The summed E-state index contributed by atoms with van der Waals surface area (Å²) in [7, 11) is 0. The zero-order valence-electron chi connectivity index (χ0n) is 28.6. The lowest BCUT2D eigenvalue weighted by molar-refractivity contribution is -0.119. The molecule has 52 heavy (non-hydrogen) atoms. The monoisotopic (exact) mass is 765 g/mol. The summed E-state index contributed by atoms with van der Waals surface area (Å²) in [6, 6.07) is 15.4. The third-order valence-corrected chi connectivity index (χ3v) is 11.4. The van der Waals surface area contributed by atoms with Crippen LogP contribution in [0.2, 0.25) is 10.0 Å². The van der Waals surface area contributed by atoms with Crippen molar-refractivity contribution in [3.63, 3.8) is 0 Å². The fourth-order valence-electron chi connectivity index (χ4n) is 6.92. The Kier molecular flexibility index (Phi) is 11.5. The number of alkyl halides is 2. The largest absolute Gasteiger partial charge is 0.417 e. The molecule has 4 N–H and O–H groups in total. The van der Waals surface area contributed by atoms with Gasteiger partial charge in [0.2, 0.25) is 11.8 Å². The van der Waals surface area contributed by atoms with Crippen LogP contribution in [0.5, 0.6) is 5.88 Å². The van der Waals surface area contributed by atoms with Crippen molar-refractivity contribution in [3.8, 4) is 28.3 Å². The van der Waals surface area contributed by atoms with Gasteiger partial charge in [0, 0.05) is 66.6 Å². The molecule has 1 amide bonds. The molecule has 0 bridgehead atoms. The number of anilines is 2. The zero-order chi connectivity index (χ0) is 36.2. The Labute approximate surface area is 314 Å². The van der Waals surface area contributed by atoms with Crippen LogP contribution in [0.25, 0.3) is 32.6 Å². The minimum Gasteiger partial charge on any atom is -0.417 e. The molecule has 0 spiro atoms. The molecule has 1 saturated heterocycles. The molecule has 1 aliphatic carbocycles. The molecule has 0 radical (unpaired) electrons. The maximum absolute atomic E-state index is 13.6. The van der Waals surface area contributed by atoms with E-state index in [0.29, 0.717) is 74.1 Å². The molecule has 1 aliphatic heterocycles. The van der Waals surface area contributed by atoms with E-state index in [9.17, 15) is 13.6 Å². The first-order chi connectivity index (χ1) is 25.2. The number of carbonyl (C=O) groups excluding carboxylic acids is 1. The first-order valence-electron chi connectivity index (χ1n) is 17.5. The Bertz CT molecular complexity index is 2080. The fourth-order valence-corrected chi connectivity index (χ4v) is 8.43. The first kappa shape index (κ1) is 36.4. The third kappa shape index (κ3) is 8.31. The molecule has 7 rings (SSSR count). The lowest BCUT2D eigenvalue weighted by atomic mass is 9.96. The van der Waals surface area contributed by atoms with Crippen LogP contribution in [0.3, 0.4) is 0 Å². The molecule has 2 aromatic carbocycles. The maximum atomic E-state index is 13.6. The molecule has 1 atom stereocenters. The van der Waals surface area contributed by atoms with E-state index in [2.05, 4.69) is 31.2 Å². The number of hydrogen-bond acceptors (Lipinski definition) is 9. The summed E-state index contributed by atoms with van der Waals surface area (Å²) < 4.78 is 33.1. The number of thiazole rings is 1. The zero-order valence-corrected chi connectivity index (χ0v) is 30.9. The van der Waals surface area contributed by atoms with Gasteiger partial charge in [-0.2, -0.15) is 8.78 Å². The number of nitrogens with one attached hydrogen (secondary N) is 4. The van der Waals surface area contributed by atoms with Crippen LogP contribution in [0.15, 0.2) is 54.7 Å². The van der Waals surface area contributed by atoms with Crippen LogP contribution in [-0.2, 0) is 17.9 Å². The number of hydrogen-bond donors (Lipinski definition) is 4. The molecule has 3 aromatic heterocycles. The molecule has 9 nitrogen and oxygen atoms in total. The summed E-state index contributed by atoms with van der Waals surface area (Å²) >= 11 is 15.8. The van der Waals surface area contributed by atoms with E-state index in [1.807, 2.05) is 43.3 Å². The number of aromatic nitrogens is 3. The molecule has 5 aromatic rings. The smallest absolute Gasteiger partial charge is 0.388 e. The highest BCUT2D eigenvalue weighted by molar-refractivity contribution is 7.18. The number of fused-ring (bicyclic) bond motifs is 1. The lowest BCUT2D eigenvalue weighted by Crippen LogP contribution is -2.35. The number of halogens is 4. The Morgan fingerprint density at radius 3 is 2.52 bits per heavy atom. The Morgan fingerprint density at radius 2 is 1.75 bits per heavy atom. The summed E-state index contributed by atoms with van der Waals surface area (Å²) in [4.78, 5) is 25.6. The average Bonchev–Trinajstić information content (AvgIpc) is 3.75. The summed E-state index contributed by atoms with van der Waals surface area (Å²) in [5.41, 5.74) is 4.83. The van der Waals surface area contributed by atoms with Crippen LogP contribution >= 0.6 is 34.5 Å². The number of pyridine rings is 2. The van der Waals surface area contributed by atoms with Crippen molar-refractivity contribution in [1.29, 1.82) is 0 Å². The number of carbonyl (C=O) groups is 1. The number of aryl methyl sites for hydroxylation is 1. The van der Waals surface area contributed by atoms with Gasteiger partial charge in [-0.15, -0.1) is 11.3 Å². The summed E-state index contributed by atoms with van der Waals surface area (Å²) in [5.74, 6) is 0.427. The second-order valence-corrected chi connectivity index (χ2v) is 15.1. The minimum atomic E-state index is -3.07. The van der Waals surface area contributed by atoms with E-state index in [-0.39, 0.29) is 24.4 Å². The molecule has 1 saturated carbocycles. The molecule has 4 heterocycles. The molecular formula is C38H39Cl2F2N7O2S. The standard InChI is InChI=1S/C38H39Cl2F2N7O2S/c1-21-17-29(48-37(51-38(41)42)27(21)19-43-18-23-13-14-31(50)46-23)26-11-5-9-24(33(26)39)25-10-6-12-28(34(25)40)47-36-35-30(15-16-44-36)52-32(49-35)20-45-22-7-3-2-4-8-22/h5-6,9-12,15-17,22-23,38,43,45H,2-4,7-8,13-14,18-20H2,1H3,(H,44,47)(H,46,50). The fraction of sp³-hybridized carbons (Fsp3) is 0.368. The Balaban J connectivity index is 1.13. The Hall–Kier alpha value is -3.94. The molecule has 272 valence electrons. The maximum Gasteiger partial charge on any atom is 0.388 e. The topological polar surface area (TPSA) is 113 Å². The van der Waals surface area contributed by atoms with Crippen molar-refractivity contribution >= 4 is 62.2 Å². The van der Waals surface area contributed by atoms with Gasteiger partial charge in [-0.05, 0) is 49.9 Å². The molecule has 14 heteroatoms. The van der Waals surface area contributed by atoms with E-state index < -0.39 is 6.61 Å². The van der Waals surface area contributed by atoms with Gasteiger partial charge in [0.25, 0.3) is 0 Å². The van der Waals surface area contributed by atoms with Gasteiger partial charge in [0.05, 0.1) is 26.1 Å². The van der Waals surface area contributed by atoms with Gasteiger partial charge in [-0.25, -0.2) is 15.0 Å². The van der Waals surface area contributed by atoms with Crippen LogP contribution in [0.1, 0.15) is 61.1 Å². The van der Waals surface area contributed by atoms with Crippen LogP contribution < -0.4 is 26.0 Å². The van der Waals surface area contributed by atoms with E-state index in [0.717, 1.165) is 28.2 Å².